The van der Waals surface area contributed by atoms with Gasteiger partial charge in [0, 0.05) is 16.6 Å². The number of benzene rings is 3. The predicted molar refractivity (Wildman–Crippen MR) is 135 cm³/mol. The molecule has 3 aromatic rings. The number of nitrogens with one attached hydrogen (secondary N) is 1. The second-order valence-corrected chi connectivity index (χ2v) is 9.56. The lowest BCUT2D eigenvalue weighted by atomic mass is 9.95. The smallest absolute Gasteiger partial charge is 0.335 e. The van der Waals surface area contributed by atoms with Crippen LogP contribution in [-0.2, 0) is 6.42 Å². The van der Waals surface area contributed by atoms with Crippen LogP contribution in [0.2, 0.25) is 0 Å². The molecule has 0 saturated heterocycles. The summed E-state index contributed by atoms with van der Waals surface area (Å²) in [4.78, 5) is 11.1. The highest BCUT2D eigenvalue weighted by Crippen LogP contribution is 2.28. The van der Waals surface area contributed by atoms with Gasteiger partial charge in [0.05, 0.1) is 11.1 Å². The van der Waals surface area contributed by atoms with Gasteiger partial charge in [-0.25, -0.2) is 4.79 Å². The van der Waals surface area contributed by atoms with Crippen LogP contribution in [0.15, 0.2) is 71.2 Å². The number of ether oxygens (including phenoxy) is 1. The minimum Gasteiger partial charge on any atom is -0.489 e. The van der Waals surface area contributed by atoms with Crippen molar-refractivity contribution in [1.82, 2.24) is 5.32 Å². The number of β-amino-alcohol motifs (C(OH)–C–C–N with tert-alkyl or cyclic N) is 1. The second-order valence-electron chi connectivity index (χ2n) is 8.70. The van der Waals surface area contributed by atoms with Gasteiger partial charge in [0.25, 0.3) is 0 Å². The fourth-order valence-corrected chi connectivity index (χ4v) is 3.96. The van der Waals surface area contributed by atoms with E-state index in [2.05, 4.69) is 47.2 Å². The summed E-state index contributed by atoms with van der Waals surface area (Å²) >= 11 is 3.58. The lowest BCUT2D eigenvalue weighted by molar-refractivity contribution is 0.0697. The summed E-state index contributed by atoms with van der Waals surface area (Å²) in [5.41, 5.74) is 3.08. The molecule has 3 N–H and O–H groups in total. The minimum atomic E-state index is -0.988. The zero-order valence-electron chi connectivity index (χ0n) is 19.1. The maximum atomic E-state index is 11.1. The highest BCUT2D eigenvalue weighted by Gasteiger charge is 2.21. The van der Waals surface area contributed by atoms with Crippen LogP contribution < -0.4 is 10.1 Å². The molecule has 0 aliphatic rings. The van der Waals surface area contributed by atoms with Gasteiger partial charge in [0.2, 0.25) is 0 Å². The number of nitrogens with zero attached hydrogens (tertiary/aromatic N) is 1. The van der Waals surface area contributed by atoms with E-state index in [9.17, 15) is 15.2 Å². The minimum absolute atomic E-state index is 0.0220. The standard InChI is InChI=1S/C27H27BrN2O4/c1-27(2,14-21-5-3-4-6-24(21)28)30-16-23(31)17-34-25-13-20(11-12-22(25)15-29)18-7-9-19(10-8-18)26(32)33/h3-13,23,30-31H,14,16-17H2,1-2H3,(H,32,33)/t23-/m1/s1. The van der Waals surface area contributed by atoms with Crippen LogP contribution in [0.1, 0.15) is 35.3 Å². The van der Waals surface area contributed by atoms with Crippen LogP contribution in [0.4, 0.5) is 0 Å². The van der Waals surface area contributed by atoms with Crippen LogP contribution in [0, 0.1) is 11.3 Å². The number of aromatic carboxylic acids is 1. The number of halogens is 1. The Balaban J connectivity index is 1.61. The third-order valence-electron chi connectivity index (χ3n) is 5.40. The largest absolute Gasteiger partial charge is 0.489 e. The summed E-state index contributed by atoms with van der Waals surface area (Å²) in [5, 5.41) is 32.4. The third-order valence-corrected chi connectivity index (χ3v) is 6.18. The first-order valence-electron chi connectivity index (χ1n) is 10.9. The monoisotopic (exact) mass is 522 g/mol. The van der Waals surface area contributed by atoms with Crippen LogP contribution in [0.25, 0.3) is 11.1 Å². The maximum Gasteiger partial charge on any atom is 0.335 e. The van der Waals surface area contributed by atoms with Gasteiger partial charge in [-0.15, -0.1) is 0 Å². The van der Waals surface area contributed by atoms with Crippen molar-refractivity contribution in [3.05, 3.63) is 87.9 Å². The number of hydrogen-bond donors (Lipinski definition) is 3. The first kappa shape index (κ1) is 25.4. The molecule has 0 aromatic heterocycles. The van der Waals surface area contributed by atoms with Crippen LogP contribution in [0.5, 0.6) is 5.75 Å². The molecule has 0 aliphatic heterocycles. The summed E-state index contributed by atoms with van der Waals surface area (Å²) in [6.07, 6.45) is 0.00654. The van der Waals surface area contributed by atoms with Crippen molar-refractivity contribution in [3.63, 3.8) is 0 Å². The van der Waals surface area contributed by atoms with Crippen molar-refractivity contribution in [1.29, 1.82) is 5.26 Å². The average molecular weight is 523 g/mol. The molecule has 3 rings (SSSR count). The van der Waals surface area contributed by atoms with Crippen molar-refractivity contribution in [3.8, 4) is 22.9 Å². The molecule has 0 saturated carbocycles. The first-order chi connectivity index (χ1) is 16.2. The second kappa shape index (κ2) is 11.3. The number of carboxylic acid groups (broad SMARTS) is 1. The molecule has 0 bridgehead atoms. The lowest BCUT2D eigenvalue weighted by Crippen LogP contribution is -2.46. The predicted octanol–water partition coefficient (Wildman–Crippen LogP) is 5.04. The zero-order valence-corrected chi connectivity index (χ0v) is 20.7. The number of carbonyl (C=O) groups is 1. The highest BCUT2D eigenvalue weighted by molar-refractivity contribution is 9.10. The molecule has 0 heterocycles. The van der Waals surface area contributed by atoms with Crippen molar-refractivity contribution < 1.29 is 19.7 Å². The summed E-state index contributed by atoms with van der Waals surface area (Å²) in [5.74, 6) is -0.619. The van der Waals surface area contributed by atoms with Gasteiger partial charge in [0.15, 0.2) is 0 Å². The molecule has 1 atom stereocenters. The first-order valence-corrected chi connectivity index (χ1v) is 11.6. The Morgan fingerprint density at radius 1 is 1.12 bits per heavy atom. The van der Waals surface area contributed by atoms with E-state index in [1.54, 1.807) is 30.3 Å². The number of aliphatic hydroxyl groups excluding tert-OH is 1. The Morgan fingerprint density at radius 2 is 1.79 bits per heavy atom. The molecule has 6 nitrogen and oxygen atoms in total. The molecule has 0 aliphatic carbocycles. The van der Waals surface area contributed by atoms with Crippen LogP contribution in [-0.4, -0.2) is 41.0 Å². The van der Waals surface area contributed by atoms with Crippen molar-refractivity contribution in [2.75, 3.05) is 13.2 Å². The molecule has 176 valence electrons. The Hall–Kier alpha value is -3.18. The van der Waals surface area contributed by atoms with Gasteiger partial charge in [-0.3, -0.25) is 0 Å². The molecule has 0 spiro atoms. The fraction of sp³-hybridized carbons (Fsp3) is 0.259. The summed E-state index contributed by atoms with van der Waals surface area (Å²) in [6.45, 7) is 4.50. The van der Waals surface area contributed by atoms with Gasteiger partial charge in [0.1, 0.15) is 24.5 Å². The topological polar surface area (TPSA) is 103 Å². The Morgan fingerprint density at radius 3 is 2.44 bits per heavy atom. The fourth-order valence-electron chi connectivity index (χ4n) is 3.54. The summed E-state index contributed by atoms with van der Waals surface area (Å²) < 4.78 is 6.85. The molecule has 34 heavy (non-hydrogen) atoms. The molecule has 7 heteroatoms. The molecule has 0 fully saturated rings. The number of hydrogen-bond acceptors (Lipinski definition) is 5. The zero-order chi connectivity index (χ0) is 24.7. The van der Waals surface area contributed by atoms with Gasteiger partial charge in [-0.2, -0.15) is 5.26 Å². The normalized spacial score (nSPS) is 12.1. The molecular weight excluding hydrogens is 496 g/mol. The summed E-state index contributed by atoms with van der Waals surface area (Å²) in [6, 6.07) is 21.8. The Bertz CT molecular complexity index is 1190. The van der Waals surface area contributed by atoms with Crippen molar-refractivity contribution >= 4 is 21.9 Å². The molecule has 3 aromatic carbocycles. The third kappa shape index (κ3) is 6.91. The SMILES string of the molecule is CC(C)(Cc1ccccc1Br)NC[C@@H](O)COc1cc(-c2ccc(C(=O)O)cc2)ccc1C#N. The van der Waals surface area contributed by atoms with E-state index < -0.39 is 12.1 Å². The van der Waals surface area contributed by atoms with E-state index in [0.717, 1.165) is 22.0 Å². The van der Waals surface area contributed by atoms with E-state index in [0.29, 0.717) is 17.9 Å². The quantitative estimate of drug-likeness (QED) is 0.344. The van der Waals surface area contributed by atoms with Crippen LogP contribution in [0.3, 0.4) is 0 Å². The van der Waals surface area contributed by atoms with E-state index in [1.807, 2.05) is 18.2 Å². The van der Waals surface area contributed by atoms with Crippen LogP contribution >= 0.6 is 15.9 Å². The number of aliphatic hydroxyl groups is 1. The van der Waals surface area contributed by atoms with Crippen molar-refractivity contribution in [2.45, 2.75) is 31.9 Å². The van der Waals surface area contributed by atoms with E-state index >= 15 is 0 Å². The summed E-state index contributed by atoms with van der Waals surface area (Å²) in [7, 11) is 0. The highest BCUT2D eigenvalue weighted by atomic mass is 79.9. The maximum absolute atomic E-state index is 11.1. The molecule has 0 radical (unpaired) electrons. The van der Waals surface area contributed by atoms with E-state index in [1.165, 1.54) is 17.7 Å². The van der Waals surface area contributed by atoms with E-state index in [-0.39, 0.29) is 17.7 Å². The number of rotatable bonds is 10. The number of carboxylic acids is 1. The Kier molecular flexibility index (Phi) is 8.46. The molecule has 0 unspecified atom stereocenters. The van der Waals surface area contributed by atoms with Gasteiger partial charge in [-0.1, -0.05) is 52.3 Å². The molecular formula is C27H27BrN2O4. The lowest BCUT2D eigenvalue weighted by Gasteiger charge is -2.28. The van der Waals surface area contributed by atoms with Gasteiger partial charge < -0.3 is 20.3 Å². The molecule has 0 amide bonds. The van der Waals surface area contributed by atoms with Gasteiger partial charge in [-0.05, 0) is 67.3 Å². The Labute approximate surface area is 208 Å². The van der Waals surface area contributed by atoms with Crippen molar-refractivity contribution in [2.24, 2.45) is 0 Å². The number of nitriles is 1. The average Bonchev–Trinajstić information content (AvgIpc) is 2.82. The van der Waals surface area contributed by atoms with Gasteiger partial charge >= 0.3 is 5.97 Å². The van der Waals surface area contributed by atoms with E-state index in [4.69, 9.17) is 9.84 Å².